The van der Waals surface area contributed by atoms with Gasteiger partial charge in [0, 0.05) is 28.7 Å². The van der Waals surface area contributed by atoms with E-state index in [1.54, 1.807) is 20.8 Å². The molecule has 5 aliphatic rings. The van der Waals surface area contributed by atoms with Gasteiger partial charge in [-0.3, -0.25) is 14.4 Å². The third-order valence-electron chi connectivity index (χ3n) is 9.54. The van der Waals surface area contributed by atoms with Crippen LogP contribution in [-0.4, -0.2) is 58.8 Å². The van der Waals surface area contributed by atoms with E-state index in [2.05, 4.69) is 0 Å². The molecule has 3 aliphatic carbocycles. The van der Waals surface area contributed by atoms with Gasteiger partial charge in [-0.1, -0.05) is 13.8 Å². The van der Waals surface area contributed by atoms with Crippen LogP contribution in [0, 0.1) is 40.4 Å². The van der Waals surface area contributed by atoms with Crippen molar-refractivity contribution < 1.29 is 43.5 Å². The lowest BCUT2D eigenvalue weighted by atomic mass is 9.61. The molecular formula is C25H34O9. The van der Waals surface area contributed by atoms with Crippen LogP contribution in [0.1, 0.15) is 53.9 Å². The van der Waals surface area contributed by atoms with Gasteiger partial charge in [0.05, 0.1) is 35.7 Å². The van der Waals surface area contributed by atoms with E-state index in [1.165, 1.54) is 13.2 Å². The molecule has 0 amide bonds. The molecule has 188 valence electrons. The van der Waals surface area contributed by atoms with Crippen molar-refractivity contribution in [2.24, 2.45) is 40.4 Å². The third kappa shape index (κ3) is 2.83. The number of carbonyl (C=O) groups is 3. The molecule has 0 aromatic carbocycles. The fourth-order valence-electron chi connectivity index (χ4n) is 7.33. The largest absolute Gasteiger partial charge is 0.462 e. The van der Waals surface area contributed by atoms with Gasteiger partial charge in [-0.25, -0.2) is 0 Å². The van der Waals surface area contributed by atoms with E-state index in [9.17, 15) is 24.6 Å². The summed E-state index contributed by atoms with van der Waals surface area (Å²) in [7, 11) is 0. The molecule has 34 heavy (non-hydrogen) atoms. The second-order valence-electron chi connectivity index (χ2n) is 11.1. The average Bonchev–Trinajstić information content (AvgIpc) is 3.20. The maximum absolute atomic E-state index is 13.3. The van der Waals surface area contributed by atoms with Gasteiger partial charge >= 0.3 is 17.9 Å². The van der Waals surface area contributed by atoms with E-state index in [-0.39, 0.29) is 23.7 Å². The number of fused-ring (bicyclic) bond motifs is 3. The average molecular weight is 479 g/mol. The summed E-state index contributed by atoms with van der Waals surface area (Å²) in [4.78, 5) is 38.6. The molecule has 3 bridgehead atoms. The molecule has 2 aliphatic heterocycles. The Morgan fingerprint density at radius 2 is 1.91 bits per heavy atom. The van der Waals surface area contributed by atoms with Crippen LogP contribution in [0.5, 0.6) is 0 Å². The summed E-state index contributed by atoms with van der Waals surface area (Å²) in [5.41, 5.74) is -1.01. The van der Waals surface area contributed by atoms with E-state index in [0.717, 1.165) is 0 Å². The minimum atomic E-state index is -1.04. The number of rotatable bonds is 6. The zero-order valence-electron chi connectivity index (χ0n) is 20.2. The molecular weight excluding hydrogens is 444 g/mol. The maximum atomic E-state index is 13.3. The molecule has 2 N–H and O–H groups in total. The minimum Gasteiger partial charge on any atom is -0.462 e. The summed E-state index contributed by atoms with van der Waals surface area (Å²) in [6.45, 7) is 8.62. The van der Waals surface area contributed by atoms with E-state index in [4.69, 9.17) is 18.9 Å². The normalized spacial score (nSPS) is 45.9. The topological polar surface area (TPSA) is 129 Å². The lowest BCUT2D eigenvalue weighted by Gasteiger charge is -2.51. The molecule has 0 radical (unpaired) electrons. The van der Waals surface area contributed by atoms with Crippen LogP contribution in [0.3, 0.4) is 0 Å². The van der Waals surface area contributed by atoms with E-state index in [1.807, 2.05) is 6.92 Å². The van der Waals surface area contributed by atoms with E-state index >= 15 is 0 Å². The number of ether oxygens (including phenoxy) is 4. The van der Waals surface area contributed by atoms with E-state index in [0.29, 0.717) is 24.8 Å². The Hall–Kier alpha value is -2.13. The molecule has 1 spiro atoms. The molecule has 4 fully saturated rings. The number of carbonyl (C=O) groups excluding carboxylic acids is 3. The fourth-order valence-corrected chi connectivity index (χ4v) is 7.33. The summed E-state index contributed by atoms with van der Waals surface area (Å²) >= 11 is 0. The van der Waals surface area contributed by atoms with Crippen molar-refractivity contribution in [1.29, 1.82) is 0 Å². The highest BCUT2D eigenvalue weighted by molar-refractivity contribution is 5.82. The summed E-state index contributed by atoms with van der Waals surface area (Å²) in [5, 5.41) is 21.1. The zero-order chi connectivity index (χ0) is 24.7. The summed E-state index contributed by atoms with van der Waals surface area (Å²) in [6, 6.07) is 0. The highest BCUT2D eigenvalue weighted by Gasteiger charge is 2.82. The first-order valence-electron chi connectivity index (χ1n) is 12.3. The Labute approximate surface area is 198 Å². The lowest BCUT2D eigenvalue weighted by Crippen LogP contribution is -2.59. The summed E-state index contributed by atoms with van der Waals surface area (Å²) in [5.74, 6) is -3.51. The van der Waals surface area contributed by atoms with Crippen molar-refractivity contribution in [1.82, 2.24) is 0 Å². The van der Waals surface area contributed by atoms with Gasteiger partial charge in [0.1, 0.15) is 6.10 Å². The predicted molar refractivity (Wildman–Crippen MR) is 115 cm³/mol. The molecule has 9 nitrogen and oxygen atoms in total. The van der Waals surface area contributed by atoms with Gasteiger partial charge < -0.3 is 29.2 Å². The molecule has 12 atom stereocenters. The van der Waals surface area contributed by atoms with Crippen LogP contribution in [0.15, 0.2) is 11.8 Å². The Morgan fingerprint density at radius 1 is 1.21 bits per heavy atom. The van der Waals surface area contributed by atoms with Crippen LogP contribution in [-0.2, 0) is 33.3 Å². The van der Waals surface area contributed by atoms with Gasteiger partial charge in [0.15, 0.2) is 6.10 Å². The van der Waals surface area contributed by atoms with Crippen molar-refractivity contribution >= 4 is 17.9 Å². The third-order valence-corrected chi connectivity index (χ3v) is 9.54. The van der Waals surface area contributed by atoms with Crippen LogP contribution >= 0.6 is 0 Å². The number of hydrogen-bond donors (Lipinski definition) is 2. The first kappa shape index (κ1) is 23.6. The van der Waals surface area contributed by atoms with Crippen molar-refractivity contribution in [3.05, 3.63) is 11.8 Å². The second kappa shape index (κ2) is 7.68. The van der Waals surface area contributed by atoms with Crippen molar-refractivity contribution in [3.8, 4) is 0 Å². The van der Waals surface area contributed by atoms with Gasteiger partial charge in [-0.15, -0.1) is 0 Å². The first-order valence-corrected chi connectivity index (χ1v) is 12.3. The van der Waals surface area contributed by atoms with Crippen LogP contribution < -0.4 is 0 Å². The van der Waals surface area contributed by atoms with Crippen LogP contribution in [0.25, 0.3) is 0 Å². The van der Waals surface area contributed by atoms with Gasteiger partial charge in [-0.05, 0) is 40.0 Å². The van der Waals surface area contributed by atoms with Crippen LogP contribution in [0.2, 0.25) is 0 Å². The zero-order valence-corrected chi connectivity index (χ0v) is 20.2. The van der Waals surface area contributed by atoms with Crippen molar-refractivity contribution in [2.75, 3.05) is 0 Å². The highest BCUT2D eigenvalue weighted by atomic mass is 16.7. The molecule has 0 aromatic rings. The SMILES string of the molecule is CC[C@@H](C)C(=O)O[C@@H]1[C@H]2C[C@]34C5=CO[C@H](OC(=O)[C@H](C)[C@H](C)O)[C@H]3C[C@H](O)[C@@H]4[C@@]2(C)C(=O)O[C@@H]51. The van der Waals surface area contributed by atoms with Gasteiger partial charge in [0.25, 0.3) is 0 Å². The maximum Gasteiger partial charge on any atom is 0.314 e. The smallest absolute Gasteiger partial charge is 0.314 e. The number of aliphatic hydroxyl groups excluding tert-OH is 2. The Morgan fingerprint density at radius 3 is 2.56 bits per heavy atom. The Bertz CT molecular complexity index is 943. The van der Waals surface area contributed by atoms with Crippen molar-refractivity contribution in [3.63, 3.8) is 0 Å². The highest BCUT2D eigenvalue weighted by Crippen LogP contribution is 2.77. The molecule has 3 saturated carbocycles. The number of aliphatic hydroxyl groups is 2. The number of hydrogen-bond acceptors (Lipinski definition) is 9. The Balaban J connectivity index is 1.54. The fraction of sp³-hybridized carbons (Fsp3) is 0.800. The van der Waals surface area contributed by atoms with E-state index < -0.39 is 65.3 Å². The molecule has 5 rings (SSSR count). The molecule has 0 unspecified atom stereocenters. The molecule has 0 aromatic heterocycles. The summed E-state index contributed by atoms with van der Waals surface area (Å²) < 4.78 is 23.4. The Kier molecular flexibility index (Phi) is 5.33. The lowest BCUT2D eigenvalue weighted by molar-refractivity contribution is -0.214. The van der Waals surface area contributed by atoms with Gasteiger partial charge in [0.2, 0.25) is 6.29 Å². The predicted octanol–water partition coefficient (Wildman–Crippen LogP) is 1.69. The molecule has 1 saturated heterocycles. The van der Waals surface area contributed by atoms with Crippen molar-refractivity contribution in [2.45, 2.75) is 84.6 Å². The molecule has 2 heterocycles. The number of esters is 3. The molecule has 9 heteroatoms. The van der Waals surface area contributed by atoms with Gasteiger partial charge in [-0.2, -0.15) is 0 Å². The quantitative estimate of drug-likeness (QED) is 0.433. The minimum absolute atomic E-state index is 0.284. The second-order valence-corrected chi connectivity index (χ2v) is 11.1. The standard InChI is InChI=1S/C25H34O9/c1-6-10(2)20(28)32-17-14-8-25-13-7-16(27)19(25)24(14,5)23(30)33-18(17)15(25)9-31-22(13)34-21(29)11(3)12(4)26/h9-14,16-19,22,26-27H,6-8H2,1-5H3/t10-,11-,12+,13-,14-,16+,17-,18+,19-,22-,24+,25-/m1/s1. The summed E-state index contributed by atoms with van der Waals surface area (Å²) in [6.07, 6.45) is -1.18. The monoisotopic (exact) mass is 478 g/mol. The first-order chi connectivity index (χ1) is 16.0. The van der Waals surface area contributed by atoms with Crippen LogP contribution in [0.4, 0.5) is 0 Å².